The van der Waals surface area contributed by atoms with E-state index in [-0.39, 0.29) is 0 Å². The van der Waals surface area contributed by atoms with Gasteiger partial charge in [0.05, 0.1) is 6.04 Å². The molecule has 1 saturated heterocycles. The van der Waals surface area contributed by atoms with Crippen molar-refractivity contribution >= 4 is 0 Å². The van der Waals surface area contributed by atoms with E-state index >= 15 is 0 Å². The van der Waals surface area contributed by atoms with Gasteiger partial charge < -0.3 is 4.74 Å². The van der Waals surface area contributed by atoms with Gasteiger partial charge in [0.15, 0.2) is 0 Å². The molecule has 94 valence electrons. The molecule has 0 atom stereocenters. The van der Waals surface area contributed by atoms with Gasteiger partial charge in [0.2, 0.25) is 0 Å². The quantitative estimate of drug-likeness (QED) is 0.802. The zero-order valence-corrected chi connectivity index (χ0v) is 10.3. The van der Waals surface area contributed by atoms with E-state index in [1.807, 2.05) is 53.5 Å². The van der Waals surface area contributed by atoms with Crippen LogP contribution in [-0.2, 0) is 0 Å². The minimum absolute atomic E-state index is 0.539. The summed E-state index contributed by atoms with van der Waals surface area (Å²) in [5, 5.41) is 4.26. The molecule has 2 aromatic rings. The van der Waals surface area contributed by atoms with Gasteiger partial charge in [-0.05, 0) is 18.2 Å². The number of rotatable bonds is 5. The van der Waals surface area contributed by atoms with Gasteiger partial charge >= 0.3 is 0 Å². The van der Waals surface area contributed by atoms with Gasteiger partial charge in [-0.3, -0.25) is 9.58 Å². The van der Waals surface area contributed by atoms with Crippen molar-refractivity contribution in [1.82, 2.24) is 14.7 Å². The highest BCUT2D eigenvalue weighted by molar-refractivity contribution is 5.20. The van der Waals surface area contributed by atoms with Crippen molar-refractivity contribution < 1.29 is 4.74 Å². The average molecular weight is 243 g/mol. The molecule has 0 saturated carbocycles. The van der Waals surface area contributed by atoms with Crippen molar-refractivity contribution in [1.29, 1.82) is 0 Å². The van der Waals surface area contributed by atoms with Gasteiger partial charge in [-0.2, -0.15) is 5.10 Å². The Bertz CT molecular complexity index is 463. The average Bonchev–Trinajstić information content (AvgIpc) is 2.87. The van der Waals surface area contributed by atoms with Crippen molar-refractivity contribution in [2.75, 3.05) is 26.2 Å². The number of aromatic nitrogens is 2. The van der Waals surface area contributed by atoms with Gasteiger partial charge in [-0.1, -0.05) is 18.2 Å². The number of ether oxygens (including phenoxy) is 1. The van der Waals surface area contributed by atoms with E-state index in [2.05, 4.69) is 10.00 Å². The van der Waals surface area contributed by atoms with Gasteiger partial charge in [-0.15, -0.1) is 0 Å². The van der Waals surface area contributed by atoms with Crippen LogP contribution in [0.2, 0.25) is 0 Å². The molecule has 0 bridgehead atoms. The Labute approximate surface area is 107 Å². The summed E-state index contributed by atoms with van der Waals surface area (Å²) in [4.78, 5) is 2.38. The summed E-state index contributed by atoms with van der Waals surface area (Å²) in [7, 11) is 0. The summed E-state index contributed by atoms with van der Waals surface area (Å²) in [6.07, 6.45) is 3.86. The number of hydrogen-bond donors (Lipinski definition) is 0. The number of nitrogens with zero attached hydrogens (tertiary/aromatic N) is 3. The van der Waals surface area contributed by atoms with Crippen LogP contribution in [0.3, 0.4) is 0 Å². The Morgan fingerprint density at radius 1 is 1.17 bits per heavy atom. The molecule has 1 aliphatic heterocycles. The Morgan fingerprint density at radius 2 is 2.00 bits per heavy atom. The molecule has 1 aromatic carbocycles. The van der Waals surface area contributed by atoms with Crippen LogP contribution in [-0.4, -0.2) is 40.9 Å². The predicted molar refractivity (Wildman–Crippen MR) is 69.6 cm³/mol. The Hall–Kier alpha value is -1.81. The van der Waals surface area contributed by atoms with Gasteiger partial charge in [0.1, 0.15) is 12.4 Å². The molecule has 0 radical (unpaired) electrons. The van der Waals surface area contributed by atoms with Crippen molar-refractivity contribution in [2.45, 2.75) is 6.04 Å². The highest BCUT2D eigenvalue weighted by Crippen LogP contribution is 2.19. The number of benzene rings is 1. The lowest BCUT2D eigenvalue weighted by Crippen LogP contribution is -2.49. The van der Waals surface area contributed by atoms with Crippen molar-refractivity contribution in [3.63, 3.8) is 0 Å². The van der Waals surface area contributed by atoms with Crippen LogP contribution in [0.1, 0.15) is 6.04 Å². The summed E-state index contributed by atoms with van der Waals surface area (Å²) in [5.41, 5.74) is 0. The minimum Gasteiger partial charge on any atom is -0.492 e. The number of likely N-dealkylation sites (tertiary alicyclic amines) is 1. The van der Waals surface area contributed by atoms with E-state index in [0.29, 0.717) is 6.04 Å². The lowest BCUT2D eigenvalue weighted by molar-refractivity contribution is 0.0818. The number of para-hydroxylation sites is 1. The summed E-state index contributed by atoms with van der Waals surface area (Å²) < 4.78 is 7.71. The molecule has 1 aromatic heterocycles. The van der Waals surface area contributed by atoms with Gasteiger partial charge in [0.25, 0.3) is 0 Å². The highest BCUT2D eigenvalue weighted by atomic mass is 16.5. The van der Waals surface area contributed by atoms with Crippen LogP contribution < -0.4 is 4.74 Å². The SMILES string of the molecule is c1ccc(OCCN2CC(n3cccn3)C2)cc1. The normalized spacial score (nSPS) is 16.4. The molecule has 1 aliphatic rings. The van der Waals surface area contributed by atoms with E-state index in [1.54, 1.807) is 0 Å². The minimum atomic E-state index is 0.539. The molecule has 0 unspecified atom stereocenters. The van der Waals surface area contributed by atoms with Crippen LogP contribution in [0.15, 0.2) is 48.8 Å². The third-order valence-electron chi connectivity index (χ3n) is 3.26. The molecule has 0 aliphatic carbocycles. The third-order valence-corrected chi connectivity index (χ3v) is 3.26. The maximum atomic E-state index is 5.67. The predicted octanol–water partition coefficient (Wildman–Crippen LogP) is 1.82. The van der Waals surface area contributed by atoms with E-state index < -0.39 is 0 Å². The van der Waals surface area contributed by atoms with E-state index in [4.69, 9.17) is 4.74 Å². The maximum absolute atomic E-state index is 5.67. The third kappa shape index (κ3) is 2.54. The zero-order chi connectivity index (χ0) is 12.2. The molecular formula is C14H17N3O. The molecule has 18 heavy (non-hydrogen) atoms. The molecule has 4 heteroatoms. The summed E-state index contributed by atoms with van der Waals surface area (Å²) in [6.45, 7) is 3.86. The Kier molecular flexibility index (Phi) is 3.28. The van der Waals surface area contributed by atoms with E-state index in [0.717, 1.165) is 32.0 Å². The maximum Gasteiger partial charge on any atom is 0.119 e. The lowest BCUT2D eigenvalue weighted by atomic mass is 10.1. The van der Waals surface area contributed by atoms with E-state index in [9.17, 15) is 0 Å². The topological polar surface area (TPSA) is 30.3 Å². The first kappa shape index (κ1) is 11.3. The second-order valence-corrected chi connectivity index (χ2v) is 4.56. The van der Waals surface area contributed by atoms with Crippen LogP contribution in [0.4, 0.5) is 0 Å². The smallest absolute Gasteiger partial charge is 0.119 e. The zero-order valence-electron chi connectivity index (χ0n) is 10.3. The second kappa shape index (κ2) is 5.23. The van der Waals surface area contributed by atoms with Crippen molar-refractivity contribution in [3.05, 3.63) is 48.8 Å². The van der Waals surface area contributed by atoms with Crippen molar-refractivity contribution in [3.8, 4) is 5.75 Å². The molecule has 2 heterocycles. The van der Waals surface area contributed by atoms with E-state index in [1.165, 1.54) is 0 Å². The fourth-order valence-electron chi connectivity index (χ4n) is 2.20. The fourth-order valence-corrected chi connectivity index (χ4v) is 2.20. The number of hydrogen-bond acceptors (Lipinski definition) is 3. The molecule has 3 rings (SSSR count). The second-order valence-electron chi connectivity index (χ2n) is 4.56. The largest absolute Gasteiger partial charge is 0.492 e. The van der Waals surface area contributed by atoms with Crippen LogP contribution in [0, 0.1) is 0 Å². The fraction of sp³-hybridized carbons (Fsp3) is 0.357. The molecule has 0 N–H and O–H groups in total. The van der Waals surface area contributed by atoms with Crippen molar-refractivity contribution in [2.24, 2.45) is 0 Å². The first-order valence-corrected chi connectivity index (χ1v) is 6.31. The highest BCUT2D eigenvalue weighted by Gasteiger charge is 2.27. The van der Waals surface area contributed by atoms with Crippen LogP contribution in [0.5, 0.6) is 5.75 Å². The lowest BCUT2D eigenvalue weighted by Gasteiger charge is -2.39. The molecule has 1 fully saturated rings. The Morgan fingerprint density at radius 3 is 2.72 bits per heavy atom. The molecular weight excluding hydrogens is 226 g/mol. The monoisotopic (exact) mass is 243 g/mol. The van der Waals surface area contributed by atoms with Gasteiger partial charge in [0, 0.05) is 32.0 Å². The summed E-state index contributed by atoms with van der Waals surface area (Å²) in [5.74, 6) is 0.946. The Balaban J connectivity index is 1.37. The molecule has 0 amide bonds. The standard InChI is InChI=1S/C14H17N3O/c1-2-5-14(6-3-1)18-10-9-16-11-13(12-16)17-8-4-7-15-17/h1-8,13H,9-12H2. The first-order chi connectivity index (χ1) is 8.92. The summed E-state index contributed by atoms with van der Waals surface area (Å²) in [6, 6.07) is 12.5. The van der Waals surface area contributed by atoms with Gasteiger partial charge in [-0.25, -0.2) is 0 Å². The molecule has 4 nitrogen and oxygen atoms in total. The molecule has 0 spiro atoms. The summed E-state index contributed by atoms with van der Waals surface area (Å²) >= 11 is 0. The van der Waals surface area contributed by atoms with Crippen LogP contribution in [0.25, 0.3) is 0 Å². The first-order valence-electron chi connectivity index (χ1n) is 6.31. The van der Waals surface area contributed by atoms with Crippen LogP contribution >= 0.6 is 0 Å².